The minimum absolute atomic E-state index is 0.0192. The van der Waals surface area contributed by atoms with Crippen LogP contribution in [0.3, 0.4) is 0 Å². The average Bonchev–Trinajstić information content (AvgIpc) is 3.24. The summed E-state index contributed by atoms with van der Waals surface area (Å²) in [4.78, 5) is 14.8. The second-order valence-corrected chi connectivity index (χ2v) is 7.12. The maximum Gasteiger partial charge on any atom is 0.318 e. The predicted molar refractivity (Wildman–Crippen MR) is 87.4 cm³/mol. The topological polar surface area (TPSA) is 79.6 Å². The van der Waals surface area contributed by atoms with Crippen molar-refractivity contribution in [2.75, 3.05) is 19.8 Å². The van der Waals surface area contributed by atoms with E-state index in [4.69, 9.17) is 4.74 Å². The molecule has 1 aromatic rings. The van der Waals surface area contributed by atoms with Gasteiger partial charge in [-0.25, -0.2) is 4.79 Å². The molecule has 2 fully saturated rings. The SMILES string of the molecule is O=C(NC1CCCn2nccc21)N1CCOCC1C1CCCC1O. The molecule has 0 bridgehead atoms. The summed E-state index contributed by atoms with van der Waals surface area (Å²) in [5.74, 6) is 0.132. The lowest BCUT2D eigenvalue weighted by molar-refractivity contribution is -0.0314. The van der Waals surface area contributed by atoms with Crippen molar-refractivity contribution in [3.63, 3.8) is 0 Å². The number of hydrogen-bond acceptors (Lipinski definition) is 4. The van der Waals surface area contributed by atoms with Gasteiger partial charge in [-0.15, -0.1) is 0 Å². The zero-order valence-electron chi connectivity index (χ0n) is 13.9. The molecule has 3 heterocycles. The number of hydrogen-bond donors (Lipinski definition) is 2. The number of amides is 2. The average molecular weight is 334 g/mol. The number of ether oxygens (including phenoxy) is 1. The number of aliphatic hydroxyl groups excluding tert-OH is 1. The number of urea groups is 1. The predicted octanol–water partition coefficient (Wildman–Crippen LogP) is 1.29. The van der Waals surface area contributed by atoms with Crippen LogP contribution in [-0.4, -0.2) is 57.7 Å². The van der Waals surface area contributed by atoms with E-state index in [0.29, 0.717) is 19.8 Å². The first-order valence-electron chi connectivity index (χ1n) is 9.08. The van der Waals surface area contributed by atoms with Crippen LogP contribution in [0.4, 0.5) is 4.79 Å². The largest absolute Gasteiger partial charge is 0.393 e. The van der Waals surface area contributed by atoms with Crippen molar-refractivity contribution in [1.82, 2.24) is 20.0 Å². The van der Waals surface area contributed by atoms with Crippen molar-refractivity contribution < 1.29 is 14.6 Å². The minimum atomic E-state index is -0.317. The molecule has 4 atom stereocenters. The highest BCUT2D eigenvalue weighted by atomic mass is 16.5. The van der Waals surface area contributed by atoms with Crippen molar-refractivity contribution in [3.8, 4) is 0 Å². The normalized spacial score (nSPS) is 33.3. The second-order valence-electron chi connectivity index (χ2n) is 7.12. The van der Waals surface area contributed by atoms with Crippen LogP contribution in [0.25, 0.3) is 0 Å². The molecule has 2 N–H and O–H groups in total. The molecule has 0 spiro atoms. The lowest BCUT2D eigenvalue weighted by Gasteiger charge is -2.40. The van der Waals surface area contributed by atoms with Crippen LogP contribution < -0.4 is 5.32 Å². The summed E-state index contributed by atoms with van der Waals surface area (Å²) in [5, 5.41) is 17.7. The van der Waals surface area contributed by atoms with Gasteiger partial charge in [-0.2, -0.15) is 5.10 Å². The number of carbonyl (C=O) groups excluding carboxylic acids is 1. The Morgan fingerprint density at radius 3 is 3.04 bits per heavy atom. The van der Waals surface area contributed by atoms with Gasteiger partial charge in [0.25, 0.3) is 0 Å². The Morgan fingerprint density at radius 2 is 2.21 bits per heavy atom. The minimum Gasteiger partial charge on any atom is -0.393 e. The second kappa shape index (κ2) is 6.72. The molecule has 7 heteroatoms. The molecule has 3 aliphatic rings. The fraction of sp³-hybridized carbons (Fsp3) is 0.765. The lowest BCUT2D eigenvalue weighted by atomic mass is 9.94. The Kier molecular flexibility index (Phi) is 4.45. The van der Waals surface area contributed by atoms with Gasteiger partial charge in [0.1, 0.15) is 0 Å². The number of morpholine rings is 1. The number of rotatable bonds is 2. The number of carbonyl (C=O) groups is 1. The standard InChI is InChI=1S/C17H26N4O3/c22-16-5-1-3-12(16)15-11-24-10-9-20(15)17(23)19-13-4-2-8-21-14(13)6-7-18-21/h6-7,12-13,15-16,22H,1-5,8-11H2,(H,19,23). The van der Waals surface area contributed by atoms with Gasteiger partial charge in [-0.3, -0.25) is 4.68 Å². The van der Waals surface area contributed by atoms with Crippen LogP contribution in [0.1, 0.15) is 43.8 Å². The maximum absolute atomic E-state index is 12.9. The highest BCUT2D eigenvalue weighted by Crippen LogP contribution is 2.32. The smallest absolute Gasteiger partial charge is 0.318 e. The van der Waals surface area contributed by atoms with Crippen LogP contribution in [0.15, 0.2) is 12.3 Å². The van der Waals surface area contributed by atoms with Crippen molar-refractivity contribution in [2.24, 2.45) is 5.92 Å². The molecule has 0 aromatic carbocycles. The Bertz CT molecular complexity index is 590. The number of aryl methyl sites for hydroxylation is 1. The highest BCUT2D eigenvalue weighted by Gasteiger charge is 2.40. The zero-order chi connectivity index (χ0) is 16.5. The van der Waals surface area contributed by atoms with E-state index < -0.39 is 0 Å². The zero-order valence-corrected chi connectivity index (χ0v) is 13.9. The summed E-state index contributed by atoms with van der Waals surface area (Å²) in [6.07, 6.45) is 6.27. The summed E-state index contributed by atoms with van der Waals surface area (Å²) in [5.41, 5.74) is 1.08. The van der Waals surface area contributed by atoms with E-state index in [1.54, 1.807) is 6.20 Å². The molecule has 0 radical (unpaired) electrons. The Balaban J connectivity index is 1.47. The van der Waals surface area contributed by atoms with Crippen LogP contribution in [0, 0.1) is 5.92 Å². The van der Waals surface area contributed by atoms with Crippen molar-refractivity contribution in [2.45, 2.75) is 56.8 Å². The third-order valence-electron chi connectivity index (χ3n) is 5.72. The Hall–Kier alpha value is -1.60. The van der Waals surface area contributed by atoms with Gasteiger partial charge in [-0.05, 0) is 31.7 Å². The fourth-order valence-electron chi connectivity index (χ4n) is 4.44. The van der Waals surface area contributed by atoms with Gasteiger partial charge in [0.2, 0.25) is 0 Å². The van der Waals surface area contributed by atoms with Gasteiger partial charge in [0, 0.05) is 25.2 Å². The third kappa shape index (κ3) is 2.91. The van der Waals surface area contributed by atoms with Gasteiger partial charge in [0.15, 0.2) is 0 Å². The van der Waals surface area contributed by atoms with Crippen molar-refractivity contribution >= 4 is 6.03 Å². The first-order chi connectivity index (χ1) is 11.7. The van der Waals surface area contributed by atoms with Crippen LogP contribution in [-0.2, 0) is 11.3 Å². The third-order valence-corrected chi connectivity index (χ3v) is 5.72. The molecule has 24 heavy (non-hydrogen) atoms. The molecule has 2 aliphatic heterocycles. The monoisotopic (exact) mass is 334 g/mol. The molecular formula is C17H26N4O3. The molecule has 2 amide bonds. The molecule has 1 saturated heterocycles. The first kappa shape index (κ1) is 15.9. The maximum atomic E-state index is 12.9. The van der Waals surface area contributed by atoms with Crippen molar-refractivity contribution in [1.29, 1.82) is 0 Å². The van der Waals surface area contributed by atoms with Gasteiger partial charge in [0.05, 0.1) is 37.1 Å². The number of nitrogens with zero attached hydrogens (tertiary/aromatic N) is 3. The summed E-state index contributed by atoms with van der Waals surface area (Å²) >= 11 is 0. The van der Waals surface area contributed by atoms with E-state index in [1.807, 2.05) is 15.6 Å². The molecule has 132 valence electrons. The summed E-state index contributed by atoms with van der Waals surface area (Å²) in [6.45, 7) is 2.60. The Morgan fingerprint density at radius 1 is 1.29 bits per heavy atom. The summed E-state index contributed by atoms with van der Waals surface area (Å²) in [7, 11) is 0. The van der Waals surface area contributed by atoms with Gasteiger partial charge in [-0.1, -0.05) is 6.42 Å². The first-order valence-corrected chi connectivity index (χ1v) is 9.08. The van der Waals surface area contributed by atoms with Gasteiger partial charge >= 0.3 is 6.03 Å². The van der Waals surface area contributed by atoms with E-state index in [9.17, 15) is 9.90 Å². The number of aromatic nitrogens is 2. The van der Waals surface area contributed by atoms with E-state index in [0.717, 1.165) is 44.3 Å². The van der Waals surface area contributed by atoms with E-state index in [1.165, 1.54) is 0 Å². The number of aliphatic hydroxyl groups is 1. The van der Waals surface area contributed by atoms with Gasteiger partial charge < -0.3 is 20.1 Å². The van der Waals surface area contributed by atoms with Crippen molar-refractivity contribution in [3.05, 3.63) is 18.0 Å². The molecule has 1 saturated carbocycles. The molecule has 1 aromatic heterocycles. The number of fused-ring (bicyclic) bond motifs is 1. The molecule has 7 nitrogen and oxygen atoms in total. The summed E-state index contributed by atoms with van der Waals surface area (Å²) in [6, 6.07) is 1.94. The Labute approximate surface area is 142 Å². The molecular weight excluding hydrogens is 308 g/mol. The molecule has 4 unspecified atom stereocenters. The molecule has 4 rings (SSSR count). The van der Waals surface area contributed by atoms with Crippen LogP contribution in [0.2, 0.25) is 0 Å². The highest BCUT2D eigenvalue weighted by molar-refractivity contribution is 5.75. The summed E-state index contributed by atoms with van der Waals surface area (Å²) < 4.78 is 7.59. The van der Waals surface area contributed by atoms with E-state index in [2.05, 4.69) is 10.4 Å². The van der Waals surface area contributed by atoms with E-state index >= 15 is 0 Å². The molecule has 1 aliphatic carbocycles. The van der Waals surface area contributed by atoms with Crippen LogP contribution >= 0.6 is 0 Å². The quantitative estimate of drug-likeness (QED) is 0.854. The number of nitrogens with one attached hydrogen (secondary N) is 1. The fourth-order valence-corrected chi connectivity index (χ4v) is 4.44. The van der Waals surface area contributed by atoms with Crippen LogP contribution in [0.5, 0.6) is 0 Å². The van der Waals surface area contributed by atoms with E-state index in [-0.39, 0.29) is 30.1 Å². The lowest BCUT2D eigenvalue weighted by Crippen LogP contribution is -2.57.